The summed E-state index contributed by atoms with van der Waals surface area (Å²) in [5, 5.41) is 28.1. The molecule has 1 heterocycles. The Labute approximate surface area is 148 Å². The Balaban J connectivity index is 2.07. The highest BCUT2D eigenvalue weighted by Gasteiger charge is 2.31. The van der Waals surface area contributed by atoms with E-state index in [1.54, 1.807) is 0 Å². The fraction of sp³-hybridized carbons (Fsp3) is 0.562. The van der Waals surface area contributed by atoms with Gasteiger partial charge in [0.1, 0.15) is 5.75 Å². The zero-order valence-electron chi connectivity index (χ0n) is 13.4. The molecule has 140 valence electrons. The van der Waals surface area contributed by atoms with Crippen molar-refractivity contribution in [3.8, 4) is 5.75 Å². The van der Waals surface area contributed by atoms with Crippen LogP contribution in [-0.2, 0) is 4.79 Å². The third-order valence-corrected chi connectivity index (χ3v) is 4.88. The molecule has 9 heteroatoms. The van der Waals surface area contributed by atoms with Gasteiger partial charge in [-0.25, -0.2) is 8.78 Å². The predicted octanol–water partition coefficient (Wildman–Crippen LogP) is 1.57. The third-order valence-electron chi connectivity index (χ3n) is 4.56. The number of hydrogen-bond donors (Lipinski definition) is 4. The molecule has 1 aliphatic heterocycles. The number of phenols is 1. The van der Waals surface area contributed by atoms with Crippen LogP contribution in [0.15, 0.2) is 12.1 Å². The molecule has 2 unspecified atom stereocenters. The van der Waals surface area contributed by atoms with Gasteiger partial charge in [0.05, 0.1) is 11.6 Å². The summed E-state index contributed by atoms with van der Waals surface area (Å²) in [6.07, 6.45) is -3.21. The average molecular weight is 379 g/mol. The molecule has 0 aromatic heterocycles. The molecule has 0 bridgehead atoms. The third kappa shape index (κ3) is 4.38. The first kappa shape index (κ1) is 19.8. The molecule has 5 N–H and O–H groups in total. The average Bonchev–Trinajstić information content (AvgIpc) is 2.61. The van der Waals surface area contributed by atoms with Gasteiger partial charge in [-0.2, -0.15) is 0 Å². The number of hydrogen-bond acceptors (Lipinski definition) is 5. The van der Waals surface area contributed by atoms with Crippen LogP contribution in [0.4, 0.5) is 8.78 Å². The van der Waals surface area contributed by atoms with Crippen LogP contribution in [0.1, 0.15) is 36.4 Å². The number of aliphatic hydroxyl groups excluding tert-OH is 2. The molecule has 1 fully saturated rings. The number of benzene rings is 1. The molecule has 1 amide bonds. The van der Waals surface area contributed by atoms with Crippen molar-refractivity contribution in [1.82, 2.24) is 4.90 Å². The number of carbonyl (C=O) groups is 1. The van der Waals surface area contributed by atoms with Gasteiger partial charge in [-0.3, -0.25) is 4.79 Å². The lowest BCUT2D eigenvalue weighted by Crippen LogP contribution is -2.46. The van der Waals surface area contributed by atoms with Crippen LogP contribution in [0, 0.1) is 5.92 Å². The van der Waals surface area contributed by atoms with Crippen molar-refractivity contribution in [2.75, 3.05) is 19.7 Å². The van der Waals surface area contributed by atoms with Gasteiger partial charge in [0.2, 0.25) is 0 Å². The van der Waals surface area contributed by atoms with Crippen LogP contribution >= 0.6 is 11.6 Å². The normalized spacial score (nSPS) is 18.4. The minimum absolute atomic E-state index is 0.0883. The molecule has 0 saturated carbocycles. The van der Waals surface area contributed by atoms with Gasteiger partial charge in [-0.15, -0.1) is 0 Å². The number of amides is 1. The number of aromatic hydroxyl groups is 1. The first-order valence-electron chi connectivity index (χ1n) is 7.90. The van der Waals surface area contributed by atoms with Crippen LogP contribution < -0.4 is 5.73 Å². The molecule has 6 nitrogen and oxygen atoms in total. The lowest BCUT2D eigenvalue weighted by atomic mass is 9.85. The second-order valence-electron chi connectivity index (χ2n) is 6.12. The molecular weight excluding hydrogens is 358 g/mol. The summed E-state index contributed by atoms with van der Waals surface area (Å²) in [5.74, 6) is -0.960. The maximum absolute atomic E-state index is 12.8. The molecule has 1 aromatic rings. The Hall–Kier alpha value is -1.48. The van der Waals surface area contributed by atoms with Crippen LogP contribution in [-0.4, -0.2) is 51.9 Å². The van der Waals surface area contributed by atoms with Crippen molar-refractivity contribution in [3.63, 3.8) is 0 Å². The van der Waals surface area contributed by atoms with Crippen molar-refractivity contribution < 1.29 is 28.9 Å². The molecule has 0 radical (unpaired) electrons. The van der Waals surface area contributed by atoms with Gasteiger partial charge in [-0.1, -0.05) is 11.6 Å². The van der Waals surface area contributed by atoms with Gasteiger partial charge in [0, 0.05) is 30.3 Å². The van der Waals surface area contributed by atoms with E-state index in [4.69, 9.17) is 22.4 Å². The van der Waals surface area contributed by atoms with E-state index in [0.717, 1.165) is 6.07 Å². The molecule has 0 aliphatic carbocycles. The molecular formula is C16H21ClF2N2O4. The fourth-order valence-electron chi connectivity index (χ4n) is 3.05. The number of alkyl halides is 2. The van der Waals surface area contributed by atoms with Crippen LogP contribution in [0.25, 0.3) is 0 Å². The van der Waals surface area contributed by atoms with Crippen molar-refractivity contribution >= 4 is 17.5 Å². The summed E-state index contributed by atoms with van der Waals surface area (Å²) in [7, 11) is 0. The monoisotopic (exact) mass is 378 g/mol. The first-order valence-corrected chi connectivity index (χ1v) is 8.27. The summed E-state index contributed by atoms with van der Waals surface area (Å²) in [4.78, 5) is 13.3. The standard InChI is InChI=1S/C16H21ClF2N2O4/c17-11-5-10(12(23)6-9(11)15(18)19)14(20)8-1-3-21(4-2-8)16(25)13(24)7-22/h5-6,8,13-15,22-24H,1-4,7,20H2. The van der Waals surface area contributed by atoms with Gasteiger partial charge < -0.3 is 26.0 Å². The molecule has 1 aromatic carbocycles. The van der Waals surface area contributed by atoms with Crippen molar-refractivity contribution in [2.24, 2.45) is 11.7 Å². The topological polar surface area (TPSA) is 107 Å². The van der Waals surface area contributed by atoms with Crippen molar-refractivity contribution in [3.05, 3.63) is 28.3 Å². The van der Waals surface area contributed by atoms with E-state index < -0.39 is 36.6 Å². The van der Waals surface area contributed by atoms with Gasteiger partial charge in [0.15, 0.2) is 6.10 Å². The number of piperidine rings is 1. The molecule has 2 rings (SSSR count). The minimum Gasteiger partial charge on any atom is -0.508 e. The largest absolute Gasteiger partial charge is 0.508 e. The van der Waals surface area contributed by atoms with Crippen LogP contribution in [0.3, 0.4) is 0 Å². The number of nitrogens with two attached hydrogens (primary N) is 1. The molecule has 2 atom stereocenters. The van der Waals surface area contributed by atoms with Crippen molar-refractivity contribution in [2.45, 2.75) is 31.4 Å². The van der Waals surface area contributed by atoms with Crippen LogP contribution in [0.2, 0.25) is 5.02 Å². The highest BCUT2D eigenvalue weighted by Crippen LogP contribution is 2.38. The Bertz CT molecular complexity index is 624. The minimum atomic E-state index is -2.80. The Morgan fingerprint density at radius 3 is 2.44 bits per heavy atom. The Kier molecular flexibility index (Phi) is 6.56. The summed E-state index contributed by atoms with van der Waals surface area (Å²) in [6, 6.07) is 1.57. The number of carbonyl (C=O) groups excluding carboxylic acids is 1. The van der Waals surface area contributed by atoms with E-state index in [1.807, 2.05) is 0 Å². The summed E-state index contributed by atoms with van der Waals surface area (Å²) in [6.45, 7) is 0.0525. The number of rotatable bonds is 5. The maximum atomic E-state index is 12.8. The van der Waals surface area contributed by atoms with Gasteiger partial charge in [0.25, 0.3) is 12.3 Å². The lowest BCUT2D eigenvalue weighted by molar-refractivity contribution is -0.143. The predicted molar refractivity (Wildman–Crippen MR) is 87.4 cm³/mol. The molecule has 0 spiro atoms. The lowest BCUT2D eigenvalue weighted by Gasteiger charge is -2.35. The number of nitrogens with zero attached hydrogens (tertiary/aromatic N) is 1. The number of aliphatic hydroxyl groups is 2. The second-order valence-corrected chi connectivity index (χ2v) is 6.53. The smallest absolute Gasteiger partial charge is 0.265 e. The Morgan fingerprint density at radius 1 is 1.32 bits per heavy atom. The number of likely N-dealkylation sites (tertiary alicyclic amines) is 1. The number of halogens is 3. The molecule has 1 aliphatic rings. The van der Waals surface area contributed by atoms with E-state index in [1.165, 1.54) is 11.0 Å². The maximum Gasteiger partial charge on any atom is 0.265 e. The quantitative estimate of drug-likeness (QED) is 0.622. The zero-order valence-corrected chi connectivity index (χ0v) is 14.2. The first-order chi connectivity index (χ1) is 11.8. The highest BCUT2D eigenvalue weighted by atomic mass is 35.5. The van der Waals surface area contributed by atoms with Crippen molar-refractivity contribution in [1.29, 1.82) is 0 Å². The fourth-order valence-corrected chi connectivity index (χ4v) is 3.30. The van der Waals surface area contributed by atoms with Gasteiger partial charge in [-0.05, 0) is 30.9 Å². The zero-order chi connectivity index (χ0) is 18.7. The van der Waals surface area contributed by atoms with E-state index in [0.29, 0.717) is 25.9 Å². The van der Waals surface area contributed by atoms with E-state index in [-0.39, 0.29) is 22.3 Å². The summed E-state index contributed by atoms with van der Waals surface area (Å²) < 4.78 is 25.6. The number of phenolic OH excluding ortho intramolecular Hbond substituents is 1. The summed E-state index contributed by atoms with van der Waals surface area (Å²) in [5.41, 5.74) is 6.01. The highest BCUT2D eigenvalue weighted by molar-refractivity contribution is 6.31. The summed E-state index contributed by atoms with van der Waals surface area (Å²) >= 11 is 5.84. The SMILES string of the molecule is NC(c1cc(Cl)c(C(F)F)cc1O)C1CCN(C(=O)C(O)CO)CC1. The van der Waals surface area contributed by atoms with E-state index in [2.05, 4.69) is 0 Å². The molecule has 25 heavy (non-hydrogen) atoms. The molecule has 1 saturated heterocycles. The van der Waals surface area contributed by atoms with E-state index >= 15 is 0 Å². The van der Waals surface area contributed by atoms with Gasteiger partial charge >= 0.3 is 0 Å². The van der Waals surface area contributed by atoms with E-state index in [9.17, 15) is 23.8 Å². The Morgan fingerprint density at radius 2 is 1.92 bits per heavy atom. The van der Waals surface area contributed by atoms with Crippen LogP contribution in [0.5, 0.6) is 5.75 Å². The second kappa shape index (κ2) is 8.27.